The number of amides is 1. The van der Waals surface area contributed by atoms with Crippen LogP contribution in [0.15, 0.2) is 6.20 Å². The Kier molecular flexibility index (Phi) is 4.51. The van der Waals surface area contributed by atoms with Crippen LogP contribution < -0.4 is 16.4 Å². The quantitative estimate of drug-likeness (QED) is 0.749. The number of nitrogens with two attached hydrogens (primary N) is 1. The van der Waals surface area contributed by atoms with E-state index in [1.807, 2.05) is 13.8 Å². The van der Waals surface area contributed by atoms with Crippen LogP contribution in [0.4, 0.5) is 11.8 Å². The Morgan fingerprint density at radius 1 is 1.47 bits per heavy atom. The first-order valence-electron chi connectivity index (χ1n) is 5.25. The largest absolute Gasteiger partial charge is 0.368 e. The Labute approximate surface area is 105 Å². The minimum atomic E-state index is -0.454. The van der Waals surface area contributed by atoms with E-state index in [1.54, 1.807) is 6.92 Å². The van der Waals surface area contributed by atoms with Gasteiger partial charge in [0.15, 0.2) is 5.82 Å². The van der Waals surface area contributed by atoms with Crippen molar-refractivity contribution < 1.29 is 4.79 Å². The SMILES string of the molecule is CC(C)NC(=O)C(C)Nc1nc(N)ncc1Cl. The molecule has 1 aromatic heterocycles. The van der Waals surface area contributed by atoms with Gasteiger partial charge in [-0.1, -0.05) is 11.6 Å². The minimum absolute atomic E-state index is 0.0812. The highest BCUT2D eigenvalue weighted by molar-refractivity contribution is 6.32. The third kappa shape index (κ3) is 4.07. The lowest BCUT2D eigenvalue weighted by Gasteiger charge is -2.17. The van der Waals surface area contributed by atoms with E-state index in [2.05, 4.69) is 20.6 Å². The second-order valence-corrected chi connectivity index (χ2v) is 4.36. The van der Waals surface area contributed by atoms with Crippen molar-refractivity contribution in [3.05, 3.63) is 11.2 Å². The van der Waals surface area contributed by atoms with Crippen LogP contribution in [0.25, 0.3) is 0 Å². The molecule has 0 aliphatic carbocycles. The van der Waals surface area contributed by atoms with Crippen LogP contribution in [-0.2, 0) is 4.79 Å². The molecule has 0 saturated carbocycles. The highest BCUT2D eigenvalue weighted by Crippen LogP contribution is 2.19. The molecule has 1 aromatic rings. The molecule has 17 heavy (non-hydrogen) atoms. The van der Waals surface area contributed by atoms with Crippen LogP contribution in [0, 0.1) is 0 Å². The summed E-state index contributed by atoms with van der Waals surface area (Å²) in [5.74, 6) is 0.326. The summed E-state index contributed by atoms with van der Waals surface area (Å²) in [5, 5.41) is 5.98. The minimum Gasteiger partial charge on any atom is -0.368 e. The Bertz CT molecular complexity index is 410. The van der Waals surface area contributed by atoms with E-state index in [4.69, 9.17) is 17.3 Å². The van der Waals surface area contributed by atoms with Gasteiger partial charge in [-0.2, -0.15) is 4.98 Å². The first kappa shape index (κ1) is 13.5. The van der Waals surface area contributed by atoms with E-state index in [9.17, 15) is 4.79 Å². The Balaban J connectivity index is 2.70. The predicted molar refractivity (Wildman–Crippen MR) is 67.8 cm³/mol. The molecule has 0 aliphatic rings. The van der Waals surface area contributed by atoms with E-state index in [0.717, 1.165) is 0 Å². The Hall–Kier alpha value is -1.56. The van der Waals surface area contributed by atoms with Crippen molar-refractivity contribution in [2.45, 2.75) is 32.9 Å². The van der Waals surface area contributed by atoms with E-state index < -0.39 is 6.04 Å². The van der Waals surface area contributed by atoms with Crippen LogP contribution in [0.1, 0.15) is 20.8 Å². The molecule has 4 N–H and O–H groups in total. The number of nitrogen functional groups attached to an aromatic ring is 1. The molecule has 0 aromatic carbocycles. The highest BCUT2D eigenvalue weighted by Gasteiger charge is 2.15. The summed E-state index contributed by atoms with van der Waals surface area (Å²) >= 11 is 5.88. The molecule has 94 valence electrons. The third-order valence-electron chi connectivity index (χ3n) is 1.94. The van der Waals surface area contributed by atoms with E-state index >= 15 is 0 Å². The molecule has 1 amide bonds. The maximum Gasteiger partial charge on any atom is 0.242 e. The number of carbonyl (C=O) groups is 1. The van der Waals surface area contributed by atoms with Gasteiger partial charge in [-0.15, -0.1) is 0 Å². The van der Waals surface area contributed by atoms with Gasteiger partial charge < -0.3 is 16.4 Å². The molecule has 1 atom stereocenters. The number of aromatic nitrogens is 2. The van der Waals surface area contributed by atoms with Crippen molar-refractivity contribution in [2.24, 2.45) is 0 Å². The van der Waals surface area contributed by atoms with Crippen molar-refractivity contribution >= 4 is 29.3 Å². The molecule has 1 heterocycles. The number of hydrogen-bond acceptors (Lipinski definition) is 5. The molecule has 0 aliphatic heterocycles. The van der Waals surface area contributed by atoms with E-state index in [0.29, 0.717) is 10.8 Å². The Morgan fingerprint density at radius 2 is 2.12 bits per heavy atom. The van der Waals surface area contributed by atoms with Crippen molar-refractivity contribution in [2.75, 3.05) is 11.1 Å². The average molecular weight is 258 g/mol. The normalized spacial score (nSPS) is 12.3. The molecule has 0 spiro atoms. The molecule has 0 radical (unpaired) electrons. The fourth-order valence-corrected chi connectivity index (χ4v) is 1.31. The molecule has 1 rings (SSSR count). The summed E-state index contributed by atoms with van der Waals surface area (Å²) in [4.78, 5) is 19.3. The highest BCUT2D eigenvalue weighted by atomic mass is 35.5. The van der Waals surface area contributed by atoms with Crippen molar-refractivity contribution in [3.8, 4) is 0 Å². The second kappa shape index (κ2) is 5.67. The molecule has 7 heteroatoms. The lowest BCUT2D eigenvalue weighted by molar-refractivity contribution is -0.122. The number of hydrogen-bond donors (Lipinski definition) is 3. The van der Waals surface area contributed by atoms with Gasteiger partial charge in [0.2, 0.25) is 11.9 Å². The summed E-state index contributed by atoms with van der Waals surface area (Å²) < 4.78 is 0. The van der Waals surface area contributed by atoms with Gasteiger partial charge in [-0.3, -0.25) is 4.79 Å². The molecule has 1 unspecified atom stereocenters. The number of anilines is 2. The van der Waals surface area contributed by atoms with Crippen LogP contribution in [0.5, 0.6) is 0 Å². The van der Waals surface area contributed by atoms with Crippen molar-refractivity contribution in [1.82, 2.24) is 15.3 Å². The van der Waals surface area contributed by atoms with E-state index in [-0.39, 0.29) is 17.9 Å². The van der Waals surface area contributed by atoms with Gasteiger partial charge in [0.25, 0.3) is 0 Å². The van der Waals surface area contributed by atoms with Gasteiger partial charge in [0.1, 0.15) is 11.1 Å². The zero-order chi connectivity index (χ0) is 13.0. The monoisotopic (exact) mass is 257 g/mol. The summed E-state index contributed by atoms with van der Waals surface area (Å²) in [6, 6.07) is -0.373. The van der Waals surface area contributed by atoms with Crippen LogP contribution in [0.3, 0.4) is 0 Å². The van der Waals surface area contributed by atoms with Crippen LogP contribution in [0.2, 0.25) is 5.02 Å². The average Bonchev–Trinajstić information content (AvgIpc) is 2.22. The van der Waals surface area contributed by atoms with Gasteiger partial charge >= 0.3 is 0 Å². The standard InChI is InChI=1S/C10H16ClN5O/c1-5(2)14-9(17)6(3)15-8-7(11)4-13-10(12)16-8/h4-6H,1-3H3,(H,14,17)(H3,12,13,15,16). The lowest BCUT2D eigenvalue weighted by Crippen LogP contribution is -2.41. The number of nitrogens with zero attached hydrogens (tertiary/aromatic N) is 2. The summed E-state index contributed by atoms with van der Waals surface area (Å²) in [5.41, 5.74) is 5.44. The number of carbonyl (C=O) groups excluding carboxylic acids is 1. The second-order valence-electron chi connectivity index (χ2n) is 3.95. The molecule has 0 bridgehead atoms. The zero-order valence-corrected chi connectivity index (χ0v) is 10.7. The molecule has 0 fully saturated rings. The third-order valence-corrected chi connectivity index (χ3v) is 2.22. The molecular weight excluding hydrogens is 242 g/mol. The van der Waals surface area contributed by atoms with Crippen LogP contribution in [-0.4, -0.2) is 28.0 Å². The first-order chi connectivity index (χ1) is 7.90. The van der Waals surface area contributed by atoms with Crippen LogP contribution >= 0.6 is 11.6 Å². The fraction of sp³-hybridized carbons (Fsp3) is 0.500. The molecule has 0 saturated heterocycles. The first-order valence-corrected chi connectivity index (χ1v) is 5.63. The summed E-state index contributed by atoms with van der Waals surface area (Å²) in [7, 11) is 0. The maximum absolute atomic E-state index is 11.7. The fourth-order valence-electron chi connectivity index (χ4n) is 1.16. The number of halogens is 1. The van der Waals surface area contributed by atoms with Gasteiger partial charge in [0, 0.05) is 6.04 Å². The van der Waals surface area contributed by atoms with Gasteiger partial charge in [-0.25, -0.2) is 4.98 Å². The molecular formula is C10H16ClN5O. The maximum atomic E-state index is 11.7. The van der Waals surface area contributed by atoms with Gasteiger partial charge in [0.05, 0.1) is 6.20 Å². The van der Waals surface area contributed by atoms with Crippen molar-refractivity contribution in [1.29, 1.82) is 0 Å². The van der Waals surface area contributed by atoms with E-state index in [1.165, 1.54) is 6.20 Å². The number of nitrogens with one attached hydrogen (secondary N) is 2. The summed E-state index contributed by atoms with van der Waals surface area (Å²) in [6.45, 7) is 5.49. The predicted octanol–water partition coefficient (Wildman–Crippen LogP) is 1.04. The Morgan fingerprint density at radius 3 is 2.71 bits per heavy atom. The topological polar surface area (TPSA) is 92.9 Å². The van der Waals surface area contributed by atoms with Crippen molar-refractivity contribution in [3.63, 3.8) is 0 Å². The van der Waals surface area contributed by atoms with Gasteiger partial charge in [-0.05, 0) is 20.8 Å². The smallest absolute Gasteiger partial charge is 0.242 e. The number of rotatable bonds is 4. The molecule has 6 nitrogen and oxygen atoms in total. The zero-order valence-electron chi connectivity index (χ0n) is 9.99. The summed E-state index contributed by atoms with van der Waals surface area (Å²) in [6.07, 6.45) is 1.39. The lowest BCUT2D eigenvalue weighted by atomic mass is 10.3.